The van der Waals surface area contributed by atoms with Crippen molar-refractivity contribution in [1.29, 1.82) is 0 Å². The van der Waals surface area contributed by atoms with Crippen molar-refractivity contribution in [2.75, 3.05) is 5.32 Å². The summed E-state index contributed by atoms with van der Waals surface area (Å²) in [5, 5.41) is 2.69. The van der Waals surface area contributed by atoms with E-state index in [1.54, 1.807) is 12.1 Å². The molecule has 1 N–H and O–H groups in total. The van der Waals surface area contributed by atoms with Gasteiger partial charge in [0.05, 0.1) is 24.5 Å². The van der Waals surface area contributed by atoms with Gasteiger partial charge in [0.25, 0.3) is 5.91 Å². The fourth-order valence-electron chi connectivity index (χ4n) is 2.23. The highest BCUT2D eigenvalue weighted by atomic mass is 19.1. The Hall–Kier alpha value is -3.05. The van der Waals surface area contributed by atoms with Crippen molar-refractivity contribution in [1.82, 2.24) is 4.98 Å². The van der Waals surface area contributed by atoms with Gasteiger partial charge in [-0.1, -0.05) is 30.3 Å². The van der Waals surface area contributed by atoms with Crippen LogP contribution in [0.5, 0.6) is 0 Å². The molecule has 0 unspecified atom stereocenters. The first-order chi connectivity index (χ1) is 12.2. The molecule has 3 rings (SSSR count). The molecule has 0 aliphatic carbocycles. The van der Waals surface area contributed by atoms with Crippen LogP contribution in [0.4, 0.5) is 10.1 Å². The maximum Gasteiger partial charge on any atom is 0.257 e. The Morgan fingerprint density at radius 3 is 2.40 bits per heavy atom. The molecule has 25 heavy (non-hydrogen) atoms. The Kier molecular flexibility index (Phi) is 5.49. The molecule has 0 saturated carbocycles. The van der Waals surface area contributed by atoms with Gasteiger partial charge in [0.2, 0.25) is 0 Å². The van der Waals surface area contributed by atoms with E-state index in [2.05, 4.69) is 10.3 Å². The van der Waals surface area contributed by atoms with Crippen molar-refractivity contribution in [3.05, 3.63) is 95.6 Å². The summed E-state index contributed by atoms with van der Waals surface area (Å²) in [5.41, 5.74) is 2.80. The SMILES string of the molecule is O=C(Nc1ccc(F)cc1)c1ccc(COCc2ccccc2)nc1. The van der Waals surface area contributed by atoms with E-state index >= 15 is 0 Å². The van der Waals surface area contributed by atoms with Crippen LogP contribution in [0.25, 0.3) is 0 Å². The minimum atomic E-state index is -0.348. The van der Waals surface area contributed by atoms with Gasteiger partial charge in [-0.2, -0.15) is 0 Å². The Bertz CT molecular complexity index is 819. The summed E-state index contributed by atoms with van der Waals surface area (Å²) in [7, 11) is 0. The maximum absolute atomic E-state index is 12.9. The number of nitrogens with one attached hydrogen (secondary N) is 1. The Balaban J connectivity index is 1.52. The number of hydrogen-bond donors (Lipinski definition) is 1. The van der Waals surface area contributed by atoms with E-state index in [1.165, 1.54) is 30.5 Å². The number of aromatic nitrogens is 1. The maximum atomic E-state index is 12.9. The molecule has 2 aromatic carbocycles. The molecule has 1 aromatic heterocycles. The summed E-state index contributed by atoms with van der Waals surface area (Å²) in [6.45, 7) is 0.879. The number of halogens is 1. The highest BCUT2D eigenvalue weighted by Gasteiger charge is 2.07. The molecule has 0 aliphatic rings. The number of pyridine rings is 1. The third kappa shape index (κ3) is 4.96. The molecule has 1 heterocycles. The van der Waals surface area contributed by atoms with E-state index in [0.717, 1.165) is 11.3 Å². The van der Waals surface area contributed by atoms with Crippen LogP contribution < -0.4 is 5.32 Å². The van der Waals surface area contributed by atoms with Crippen LogP contribution in [0.3, 0.4) is 0 Å². The molecule has 0 radical (unpaired) electrons. The Morgan fingerprint density at radius 2 is 1.72 bits per heavy atom. The van der Waals surface area contributed by atoms with Crippen LogP contribution in [0, 0.1) is 5.82 Å². The summed E-state index contributed by atoms with van der Waals surface area (Å²) in [6.07, 6.45) is 1.50. The number of amides is 1. The van der Waals surface area contributed by atoms with Gasteiger partial charge >= 0.3 is 0 Å². The van der Waals surface area contributed by atoms with Gasteiger partial charge in [-0.25, -0.2) is 4.39 Å². The van der Waals surface area contributed by atoms with Gasteiger partial charge in [-0.05, 0) is 42.0 Å². The number of carbonyl (C=O) groups excluding carboxylic acids is 1. The van der Waals surface area contributed by atoms with E-state index in [0.29, 0.717) is 24.5 Å². The molecule has 0 atom stereocenters. The smallest absolute Gasteiger partial charge is 0.257 e. The van der Waals surface area contributed by atoms with E-state index in [9.17, 15) is 9.18 Å². The lowest BCUT2D eigenvalue weighted by Gasteiger charge is -2.07. The van der Waals surface area contributed by atoms with Crippen LogP contribution in [-0.2, 0) is 18.0 Å². The van der Waals surface area contributed by atoms with Crippen molar-refractivity contribution in [3.8, 4) is 0 Å². The topological polar surface area (TPSA) is 51.2 Å². The highest BCUT2D eigenvalue weighted by Crippen LogP contribution is 2.11. The van der Waals surface area contributed by atoms with Gasteiger partial charge in [0.1, 0.15) is 5.82 Å². The number of ether oxygens (including phenoxy) is 1. The first-order valence-corrected chi connectivity index (χ1v) is 7.84. The summed E-state index contributed by atoms with van der Waals surface area (Å²) in [4.78, 5) is 16.4. The predicted molar refractivity (Wildman–Crippen MR) is 93.5 cm³/mol. The van der Waals surface area contributed by atoms with Crippen LogP contribution >= 0.6 is 0 Å². The lowest BCUT2D eigenvalue weighted by atomic mass is 10.2. The van der Waals surface area contributed by atoms with Gasteiger partial charge < -0.3 is 10.1 Å². The third-order valence-corrected chi connectivity index (χ3v) is 3.55. The number of hydrogen-bond acceptors (Lipinski definition) is 3. The van der Waals surface area contributed by atoms with Crippen molar-refractivity contribution in [2.45, 2.75) is 13.2 Å². The summed E-state index contributed by atoms with van der Waals surface area (Å²) in [6, 6.07) is 18.9. The van der Waals surface area contributed by atoms with Gasteiger partial charge in [-0.15, -0.1) is 0 Å². The molecule has 1 amide bonds. The number of carbonyl (C=O) groups is 1. The average molecular weight is 336 g/mol. The molecule has 4 nitrogen and oxygen atoms in total. The molecule has 0 fully saturated rings. The highest BCUT2D eigenvalue weighted by molar-refractivity contribution is 6.04. The first-order valence-electron chi connectivity index (χ1n) is 7.84. The van der Waals surface area contributed by atoms with Crippen molar-refractivity contribution in [3.63, 3.8) is 0 Å². The number of nitrogens with zero attached hydrogens (tertiary/aromatic N) is 1. The van der Waals surface area contributed by atoms with E-state index in [1.807, 2.05) is 30.3 Å². The molecule has 5 heteroatoms. The van der Waals surface area contributed by atoms with Crippen LogP contribution in [-0.4, -0.2) is 10.9 Å². The van der Waals surface area contributed by atoms with Crippen LogP contribution in [0.1, 0.15) is 21.6 Å². The zero-order valence-electron chi connectivity index (χ0n) is 13.5. The fourth-order valence-corrected chi connectivity index (χ4v) is 2.23. The minimum absolute atomic E-state index is 0.295. The fraction of sp³-hybridized carbons (Fsp3) is 0.100. The normalized spacial score (nSPS) is 10.4. The standard InChI is InChI=1S/C20H17FN2O2/c21-17-7-10-18(11-8-17)23-20(24)16-6-9-19(22-12-16)14-25-13-15-4-2-1-3-5-15/h1-12H,13-14H2,(H,23,24). The van der Waals surface area contributed by atoms with Crippen molar-refractivity contribution in [2.24, 2.45) is 0 Å². The summed E-state index contributed by atoms with van der Waals surface area (Å²) < 4.78 is 18.5. The quantitative estimate of drug-likeness (QED) is 0.734. The third-order valence-electron chi connectivity index (χ3n) is 3.55. The van der Waals surface area contributed by atoms with Crippen LogP contribution in [0.2, 0.25) is 0 Å². The second kappa shape index (κ2) is 8.17. The van der Waals surface area contributed by atoms with E-state index in [4.69, 9.17) is 4.74 Å². The zero-order valence-corrected chi connectivity index (χ0v) is 13.5. The lowest BCUT2D eigenvalue weighted by Crippen LogP contribution is -2.12. The molecule has 126 valence electrons. The molecule has 0 saturated heterocycles. The Labute approximate surface area is 145 Å². The lowest BCUT2D eigenvalue weighted by molar-refractivity contribution is 0.102. The molecule has 3 aromatic rings. The second-order valence-electron chi connectivity index (χ2n) is 5.48. The molecule has 0 spiro atoms. The summed E-state index contributed by atoms with van der Waals surface area (Å²) in [5.74, 6) is -0.643. The summed E-state index contributed by atoms with van der Waals surface area (Å²) >= 11 is 0. The molecule has 0 bridgehead atoms. The number of anilines is 1. The van der Waals surface area contributed by atoms with E-state index < -0.39 is 0 Å². The number of benzene rings is 2. The molecular formula is C20H17FN2O2. The molecular weight excluding hydrogens is 319 g/mol. The average Bonchev–Trinajstić information content (AvgIpc) is 2.65. The zero-order chi connectivity index (χ0) is 17.5. The van der Waals surface area contributed by atoms with Gasteiger partial charge in [-0.3, -0.25) is 9.78 Å². The minimum Gasteiger partial charge on any atom is -0.370 e. The van der Waals surface area contributed by atoms with Gasteiger partial charge in [0.15, 0.2) is 0 Å². The van der Waals surface area contributed by atoms with Crippen LogP contribution in [0.15, 0.2) is 72.9 Å². The van der Waals surface area contributed by atoms with Crippen molar-refractivity contribution < 1.29 is 13.9 Å². The number of rotatable bonds is 6. The predicted octanol–water partition coefficient (Wildman–Crippen LogP) is 4.19. The van der Waals surface area contributed by atoms with Crippen molar-refractivity contribution >= 4 is 11.6 Å². The Morgan fingerprint density at radius 1 is 0.960 bits per heavy atom. The second-order valence-corrected chi connectivity index (χ2v) is 5.48. The largest absolute Gasteiger partial charge is 0.370 e. The first kappa shape index (κ1) is 16.8. The molecule has 0 aliphatic heterocycles. The van der Waals surface area contributed by atoms with Gasteiger partial charge in [0, 0.05) is 11.9 Å². The van der Waals surface area contributed by atoms with E-state index in [-0.39, 0.29) is 11.7 Å². The monoisotopic (exact) mass is 336 g/mol.